The molecule has 0 saturated carbocycles. The van der Waals surface area contributed by atoms with Gasteiger partial charge in [0.05, 0.1) is 5.02 Å². The molecule has 1 aliphatic rings. The highest BCUT2D eigenvalue weighted by molar-refractivity contribution is 6.34. The molecule has 0 radical (unpaired) electrons. The maximum Gasteiger partial charge on any atom is 0.332 e. The van der Waals surface area contributed by atoms with Crippen LogP contribution < -0.4 is 4.74 Å². The van der Waals surface area contributed by atoms with Crippen LogP contribution in [-0.2, 0) is 16.1 Å². The van der Waals surface area contributed by atoms with Crippen molar-refractivity contribution in [2.45, 2.75) is 39.2 Å². The minimum Gasteiger partial charge on any atom is -0.488 e. The first-order valence-corrected chi connectivity index (χ1v) is 7.86. The van der Waals surface area contributed by atoms with E-state index in [4.69, 9.17) is 21.2 Å². The van der Waals surface area contributed by atoms with Gasteiger partial charge in [-0.25, -0.2) is 9.78 Å². The van der Waals surface area contributed by atoms with Gasteiger partial charge in [0.1, 0.15) is 24.0 Å². The van der Waals surface area contributed by atoms with Crippen LogP contribution in [0.5, 0.6) is 5.75 Å². The highest BCUT2D eigenvalue weighted by atomic mass is 35.5. The number of rotatable bonds is 2. The van der Waals surface area contributed by atoms with Crippen LogP contribution in [0.25, 0.3) is 0 Å². The number of carbonyl (C=O) groups excluding carboxylic acids is 1. The van der Waals surface area contributed by atoms with Gasteiger partial charge >= 0.3 is 5.97 Å². The van der Waals surface area contributed by atoms with Crippen molar-refractivity contribution < 1.29 is 14.4 Å². The van der Waals surface area contributed by atoms with Gasteiger partial charge in [0.15, 0.2) is 0 Å². The van der Waals surface area contributed by atoms with Crippen LogP contribution in [0.4, 0.5) is 0 Å². The maximum atomic E-state index is 11.1. The van der Waals surface area contributed by atoms with Gasteiger partial charge < -0.3 is 9.57 Å². The standard InChI is InChI=1S/C16H17ClN4O3/c1-10(22)24-20-15(21-9-18-8-19-21)12-7-14-11(6-13(12)17)4-5-16(2,3)23-14/h6-9H,4-5H2,1-3H3/b20-15-. The fraction of sp³-hybridized carbons (Fsp3) is 0.375. The van der Waals surface area contributed by atoms with Crippen molar-refractivity contribution in [2.24, 2.45) is 5.16 Å². The lowest BCUT2D eigenvalue weighted by atomic mass is 9.93. The van der Waals surface area contributed by atoms with Crippen molar-refractivity contribution in [3.05, 3.63) is 40.9 Å². The largest absolute Gasteiger partial charge is 0.488 e. The molecule has 126 valence electrons. The van der Waals surface area contributed by atoms with Gasteiger partial charge in [-0.1, -0.05) is 16.8 Å². The molecule has 0 unspecified atom stereocenters. The van der Waals surface area contributed by atoms with Crippen LogP contribution >= 0.6 is 11.6 Å². The fourth-order valence-corrected chi connectivity index (χ4v) is 2.75. The molecule has 0 atom stereocenters. The van der Waals surface area contributed by atoms with Crippen LogP contribution in [0.1, 0.15) is 38.3 Å². The van der Waals surface area contributed by atoms with Crippen molar-refractivity contribution in [1.29, 1.82) is 0 Å². The molecule has 0 fully saturated rings. The first-order valence-electron chi connectivity index (χ1n) is 7.48. The van der Waals surface area contributed by atoms with Crippen molar-refractivity contribution in [3.63, 3.8) is 0 Å². The smallest absolute Gasteiger partial charge is 0.332 e. The normalized spacial score (nSPS) is 16.2. The first-order chi connectivity index (χ1) is 11.4. The van der Waals surface area contributed by atoms with E-state index in [2.05, 4.69) is 15.2 Å². The van der Waals surface area contributed by atoms with E-state index in [0.29, 0.717) is 10.6 Å². The zero-order chi connectivity index (χ0) is 17.3. The lowest BCUT2D eigenvalue weighted by Crippen LogP contribution is -2.32. The van der Waals surface area contributed by atoms with Crippen LogP contribution in [0.3, 0.4) is 0 Å². The third kappa shape index (κ3) is 3.41. The van der Waals surface area contributed by atoms with Crippen LogP contribution in [0.2, 0.25) is 5.02 Å². The van der Waals surface area contributed by atoms with Gasteiger partial charge in [-0.3, -0.25) is 0 Å². The highest BCUT2D eigenvalue weighted by Gasteiger charge is 2.28. The minimum atomic E-state index is -0.543. The number of ether oxygens (including phenoxy) is 1. The van der Waals surface area contributed by atoms with Gasteiger partial charge in [-0.2, -0.15) is 9.78 Å². The Bertz CT molecular complexity index is 800. The van der Waals surface area contributed by atoms with Gasteiger partial charge in [-0.15, -0.1) is 0 Å². The Kier molecular flexibility index (Phi) is 4.28. The van der Waals surface area contributed by atoms with E-state index in [0.717, 1.165) is 24.2 Å². The number of aryl methyl sites for hydroxylation is 1. The van der Waals surface area contributed by atoms with Crippen molar-refractivity contribution in [3.8, 4) is 5.75 Å². The number of benzene rings is 1. The average Bonchev–Trinajstić information content (AvgIpc) is 3.01. The third-order valence-electron chi connectivity index (χ3n) is 3.67. The molecule has 7 nitrogen and oxygen atoms in total. The van der Waals surface area contributed by atoms with Gasteiger partial charge in [-0.05, 0) is 44.4 Å². The SMILES string of the molecule is CC(=O)O/N=C(/c1cc2c(cc1Cl)CCC(C)(C)O2)n1cncn1. The van der Waals surface area contributed by atoms with E-state index < -0.39 is 5.97 Å². The second-order valence-electron chi connectivity index (χ2n) is 6.14. The average molecular weight is 349 g/mol. The molecular formula is C16H17ClN4O3. The summed E-state index contributed by atoms with van der Waals surface area (Å²) in [5, 5.41) is 8.38. The monoisotopic (exact) mass is 348 g/mol. The fourth-order valence-electron chi connectivity index (χ4n) is 2.48. The third-order valence-corrected chi connectivity index (χ3v) is 3.98. The molecule has 0 amide bonds. The molecule has 2 heterocycles. The van der Waals surface area contributed by atoms with E-state index >= 15 is 0 Å². The quantitative estimate of drug-likeness (QED) is 0.361. The van der Waals surface area contributed by atoms with Gasteiger partial charge in [0, 0.05) is 12.5 Å². The summed E-state index contributed by atoms with van der Waals surface area (Å²) in [6.45, 7) is 5.34. The predicted molar refractivity (Wildman–Crippen MR) is 88.2 cm³/mol. The molecule has 1 aromatic carbocycles. The number of carbonyl (C=O) groups is 1. The Morgan fingerprint density at radius 3 is 2.92 bits per heavy atom. The van der Waals surface area contributed by atoms with Crippen molar-refractivity contribution >= 4 is 23.4 Å². The molecule has 2 aromatic rings. The second kappa shape index (κ2) is 6.24. The summed E-state index contributed by atoms with van der Waals surface area (Å²) >= 11 is 6.42. The molecule has 0 N–H and O–H groups in total. The molecule has 0 spiro atoms. The molecule has 3 rings (SSSR count). The topological polar surface area (TPSA) is 78.6 Å². The summed E-state index contributed by atoms with van der Waals surface area (Å²) in [5.74, 6) is 0.447. The van der Waals surface area contributed by atoms with E-state index in [1.165, 1.54) is 24.3 Å². The van der Waals surface area contributed by atoms with Crippen LogP contribution in [0.15, 0.2) is 29.9 Å². The summed E-state index contributed by atoms with van der Waals surface area (Å²) < 4.78 is 7.42. The van der Waals surface area contributed by atoms with Crippen molar-refractivity contribution in [2.75, 3.05) is 0 Å². The molecule has 0 saturated heterocycles. The first kappa shape index (κ1) is 16.4. The molecular weight excluding hydrogens is 332 g/mol. The van der Waals surface area contributed by atoms with Crippen LogP contribution in [0, 0.1) is 0 Å². The predicted octanol–water partition coefficient (Wildman–Crippen LogP) is 2.81. The van der Waals surface area contributed by atoms with Crippen LogP contribution in [-0.4, -0.2) is 32.2 Å². The summed E-state index contributed by atoms with van der Waals surface area (Å²) in [6.07, 6.45) is 4.59. The Labute approximate surface area is 144 Å². The van der Waals surface area contributed by atoms with E-state index in [9.17, 15) is 4.79 Å². The number of halogens is 1. The van der Waals surface area contributed by atoms with E-state index in [-0.39, 0.29) is 11.4 Å². The number of fused-ring (bicyclic) bond motifs is 1. The Morgan fingerprint density at radius 2 is 2.25 bits per heavy atom. The summed E-state index contributed by atoms with van der Waals surface area (Å²) in [5.41, 5.74) is 1.33. The number of aromatic nitrogens is 3. The number of hydrogen-bond donors (Lipinski definition) is 0. The van der Waals surface area contributed by atoms with E-state index in [1.807, 2.05) is 19.9 Å². The zero-order valence-electron chi connectivity index (χ0n) is 13.6. The molecule has 24 heavy (non-hydrogen) atoms. The molecule has 8 heteroatoms. The molecule has 0 aliphatic carbocycles. The highest BCUT2D eigenvalue weighted by Crippen LogP contribution is 2.36. The van der Waals surface area contributed by atoms with Gasteiger partial charge in [0.25, 0.3) is 0 Å². The summed E-state index contributed by atoms with van der Waals surface area (Å²) in [6, 6.07) is 3.64. The van der Waals surface area contributed by atoms with Crippen molar-refractivity contribution in [1.82, 2.24) is 14.8 Å². The molecule has 0 bridgehead atoms. The zero-order valence-corrected chi connectivity index (χ0v) is 14.4. The minimum absolute atomic E-state index is 0.251. The maximum absolute atomic E-state index is 11.1. The Balaban J connectivity index is 2.08. The molecule has 1 aliphatic heterocycles. The summed E-state index contributed by atoms with van der Waals surface area (Å²) in [7, 11) is 0. The van der Waals surface area contributed by atoms with Gasteiger partial charge in [0.2, 0.25) is 5.84 Å². The summed E-state index contributed by atoms with van der Waals surface area (Å²) in [4.78, 5) is 19.8. The van der Waals surface area contributed by atoms with E-state index in [1.54, 1.807) is 6.07 Å². The lowest BCUT2D eigenvalue weighted by molar-refractivity contribution is -0.140. The Morgan fingerprint density at radius 1 is 1.46 bits per heavy atom. The lowest BCUT2D eigenvalue weighted by Gasteiger charge is -2.33. The number of oxime groups is 1. The Hall–Kier alpha value is -2.41. The number of nitrogens with zero attached hydrogens (tertiary/aromatic N) is 4. The number of hydrogen-bond acceptors (Lipinski definition) is 6. The second-order valence-corrected chi connectivity index (χ2v) is 6.55. The molecule has 1 aromatic heterocycles.